The number of sulfonamides is 1. The Kier molecular flexibility index (Phi) is 4.95. The van der Waals surface area contributed by atoms with Crippen LogP contribution in [-0.2, 0) is 20.2 Å². The number of hydrogen-bond donors (Lipinski definition) is 2. The maximum Gasteiger partial charge on any atom is 0.278 e. The third-order valence-corrected chi connectivity index (χ3v) is 4.34. The van der Waals surface area contributed by atoms with Crippen molar-refractivity contribution < 1.29 is 16.8 Å². The molecule has 0 aromatic heterocycles. The van der Waals surface area contributed by atoms with Gasteiger partial charge >= 0.3 is 0 Å². The van der Waals surface area contributed by atoms with Gasteiger partial charge in [-0.1, -0.05) is 0 Å². The van der Waals surface area contributed by atoms with Gasteiger partial charge in [0.2, 0.25) is 10.0 Å². The lowest BCUT2D eigenvalue weighted by atomic mass is 10.8. The molecule has 7 nitrogen and oxygen atoms in total. The van der Waals surface area contributed by atoms with Crippen LogP contribution in [-0.4, -0.2) is 54.6 Å². The lowest BCUT2D eigenvalue weighted by molar-refractivity contribution is 0.507. The minimum absolute atomic E-state index is 0.149. The van der Waals surface area contributed by atoms with Crippen molar-refractivity contribution >= 4 is 20.2 Å². The summed E-state index contributed by atoms with van der Waals surface area (Å²) < 4.78 is 49.2. The Bertz CT molecular complexity index is 358. The van der Waals surface area contributed by atoms with Crippen LogP contribution in [0.2, 0.25) is 0 Å². The third-order valence-electron chi connectivity index (χ3n) is 1.45. The molecule has 0 aliphatic heterocycles. The van der Waals surface area contributed by atoms with Gasteiger partial charge in [-0.25, -0.2) is 17.9 Å². The number of nitrogens with zero attached hydrogens (tertiary/aromatic N) is 1. The molecule has 0 aromatic rings. The molecule has 0 amide bonds. The number of nitrogens with one attached hydrogen (secondary N) is 2. The van der Waals surface area contributed by atoms with Crippen LogP contribution < -0.4 is 9.44 Å². The van der Waals surface area contributed by atoms with E-state index in [0.717, 1.165) is 4.31 Å². The Morgan fingerprint density at radius 1 is 1.14 bits per heavy atom. The molecule has 0 saturated heterocycles. The molecular weight excluding hydrogens is 230 g/mol. The van der Waals surface area contributed by atoms with Gasteiger partial charge in [-0.3, -0.25) is 0 Å². The van der Waals surface area contributed by atoms with E-state index in [4.69, 9.17) is 0 Å². The van der Waals surface area contributed by atoms with Crippen molar-refractivity contribution in [3.8, 4) is 0 Å². The first-order chi connectivity index (χ1) is 6.21. The van der Waals surface area contributed by atoms with Crippen molar-refractivity contribution in [2.75, 3.05) is 33.4 Å². The van der Waals surface area contributed by atoms with Crippen LogP contribution in [0.25, 0.3) is 0 Å². The molecule has 0 radical (unpaired) electrons. The van der Waals surface area contributed by atoms with Gasteiger partial charge in [-0.2, -0.15) is 12.7 Å². The summed E-state index contributed by atoms with van der Waals surface area (Å²) in [5.74, 6) is -0.281. The van der Waals surface area contributed by atoms with Gasteiger partial charge in [0.1, 0.15) is 0 Å². The van der Waals surface area contributed by atoms with E-state index in [0.29, 0.717) is 0 Å². The molecule has 0 rings (SSSR count). The zero-order valence-electron chi connectivity index (χ0n) is 8.31. The van der Waals surface area contributed by atoms with Crippen LogP contribution in [0.15, 0.2) is 0 Å². The molecule has 0 aliphatic rings. The predicted molar refractivity (Wildman–Crippen MR) is 53.5 cm³/mol. The van der Waals surface area contributed by atoms with Crippen LogP contribution in [0.4, 0.5) is 0 Å². The Hall–Kier alpha value is -0.220. The van der Waals surface area contributed by atoms with Gasteiger partial charge in [0.25, 0.3) is 10.2 Å². The quantitative estimate of drug-likeness (QED) is 0.562. The maximum atomic E-state index is 11.1. The number of rotatable bonds is 6. The minimum atomic E-state index is -3.54. The highest BCUT2D eigenvalue weighted by atomic mass is 32.2. The summed E-state index contributed by atoms with van der Waals surface area (Å²) in [6.45, 7) is -0.149. The van der Waals surface area contributed by atoms with Crippen LogP contribution in [0, 0.1) is 0 Å². The molecule has 0 heterocycles. The Labute approximate surface area is 84.7 Å². The summed E-state index contributed by atoms with van der Waals surface area (Å²) in [6.07, 6.45) is 0. The second-order valence-corrected chi connectivity index (χ2v) is 6.72. The summed E-state index contributed by atoms with van der Waals surface area (Å²) in [7, 11) is -2.92. The van der Waals surface area contributed by atoms with E-state index < -0.39 is 20.2 Å². The topological polar surface area (TPSA) is 95.6 Å². The fourth-order valence-electron chi connectivity index (χ4n) is 0.536. The first-order valence-corrected chi connectivity index (χ1v) is 6.89. The highest BCUT2D eigenvalue weighted by Crippen LogP contribution is 1.88. The monoisotopic (exact) mass is 245 g/mol. The highest BCUT2D eigenvalue weighted by Gasteiger charge is 2.14. The molecule has 0 fully saturated rings. The van der Waals surface area contributed by atoms with Gasteiger partial charge in [0, 0.05) is 20.6 Å². The molecule has 0 aromatic carbocycles. The fourth-order valence-corrected chi connectivity index (χ4v) is 1.86. The second kappa shape index (κ2) is 5.03. The van der Waals surface area contributed by atoms with Crippen LogP contribution >= 0.6 is 0 Å². The molecule has 14 heavy (non-hydrogen) atoms. The summed E-state index contributed by atoms with van der Waals surface area (Å²) in [5.41, 5.74) is 0. The molecule has 0 saturated carbocycles. The highest BCUT2D eigenvalue weighted by molar-refractivity contribution is 7.89. The number of hydrogen-bond acceptors (Lipinski definition) is 4. The van der Waals surface area contributed by atoms with E-state index >= 15 is 0 Å². The summed E-state index contributed by atoms with van der Waals surface area (Å²) in [6, 6.07) is 0. The molecule has 0 bridgehead atoms. The van der Waals surface area contributed by atoms with E-state index in [1.54, 1.807) is 0 Å². The molecule has 0 unspecified atom stereocenters. The lowest BCUT2D eigenvalue weighted by Crippen LogP contribution is -2.39. The van der Waals surface area contributed by atoms with Gasteiger partial charge < -0.3 is 0 Å². The zero-order chi connectivity index (χ0) is 11.4. The Morgan fingerprint density at radius 3 is 2.00 bits per heavy atom. The minimum Gasteiger partial charge on any atom is -0.218 e. The molecule has 2 N–H and O–H groups in total. The fraction of sp³-hybridized carbons (Fsp3) is 1.00. The van der Waals surface area contributed by atoms with Crippen molar-refractivity contribution in [3.05, 3.63) is 0 Å². The van der Waals surface area contributed by atoms with Crippen LogP contribution in [0.1, 0.15) is 0 Å². The van der Waals surface area contributed by atoms with Crippen LogP contribution in [0.5, 0.6) is 0 Å². The van der Waals surface area contributed by atoms with E-state index in [9.17, 15) is 16.8 Å². The largest absolute Gasteiger partial charge is 0.278 e. The van der Waals surface area contributed by atoms with Crippen molar-refractivity contribution in [2.45, 2.75) is 0 Å². The van der Waals surface area contributed by atoms with Crippen molar-refractivity contribution in [2.24, 2.45) is 0 Å². The van der Waals surface area contributed by atoms with Crippen molar-refractivity contribution in [1.82, 2.24) is 13.7 Å². The lowest BCUT2D eigenvalue weighted by Gasteiger charge is -2.11. The van der Waals surface area contributed by atoms with Crippen LogP contribution in [0.3, 0.4) is 0 Å². The summed E-state index contributed by atoms with van der Waals surface area (Å²) in [5, 5.41) is 0. The Morgan fingerprint density at radius 2 is 1.64 bits per heavy atom. The summed E-state index contributed by atoms with van der Waals surface area (Å²) >= 11 is 0. The third kappa shape index (κ3) is 4.86. The van der Waals surface area contributed by atoms with Gasteiger partial charge in [0.05, 0.1) is 5.75 Å². The molecule has 0 aliphatic carbocycles. The smallest absolute Gasteiger partial charge is 0.218 e. The second-order valence-electron chi connectivity index (χ2n) is 2.70. The average molecular weight is 245 g/mol. The zero-order valence-corrected chi connectivity index (χ0v) is 9.94. The predicted octanol–water partition coefficient (Wildman–Crippen LogP) is -2.07. The van der Waals surface area contributed by atoms with Gasteiger partial charge in [0.15, 0.2) is 0 Å². The normalized spacial score (nSPS) is 13.4. The molecule has 86 valence electrons. The van der Waals surface area contributed by atoms with Crippen molar-refractivity contribution in [1.29, 1.82) is 0 Å². The summed E-state index contributed by atoms with van der Waals surface area (Å²) in [4.78, 5) is 0. The molecule has 9 heteroatoms. The first-order valence-electron chi connectivity index (χ1n) is 3.79. The van der Waals surface area contributed by atoms with E-state index in [-0.39, 0.29) is 12.3 Å². The first kappa shape index (κ1) is 13.8. The average Bonchev–Trinajstić information content (AvgIpc) is 2.03. The molecule has 0 spiro atoms. The SMILES string of the molecule is CNS(=O)(=O)CCNS(=O)(=O)N(C)C. The van der Waals surface area contributed by atoms with E-state index in [1.165, 1.54) is 21.1 Å². The van der Waals surface area contributed by atoms with E-state index in [2.05, 4.69) is 9.44 Å². The maximum absolute atomic E-state index is 11.1. The van der Waals surface area contributed by atoms with Gasteiger partial charge in [-0.05, 0) is 7.05 Å². The standard InChI is InChI=1S/C5H15N3O4S2/c1-6-13(9,10)5-4-7-14(11,12)8(2)3/h6-7H,4-5H2,1-3H3. The van der Waals surface area contributed by atoms with Crippen molar-refractivity contribution in [3.63, 3.8) is 0 Å². The van der Waals surface area contributed by atoms with E-state index in [1.807, 2.05) is 0 Å². The Balaban J connectivity index is 4.12. The van der Waals surface area contributed by atoms with Gasteiger partial charge in [-0.15, -0.1) is 0 Å². The molecular formula is C5H15N3O4S2. The molecule has 0 atom stereocenters.